The number of aliphatic hydroxyl groups excluding tert-OH is 1. The summed E-state index contributed by atoms with van der Waals surface area (Å²) in [4.78, 5) is 39.3. The highest BCUT2D eigenvalue weighted by molar-refractivity contribution is 5.95. The highest BCUT2D eigenvalue weighted by Crippen LogP contribution is 2.37. The second-order valence-electron chi connectivity index (χ2n) is 13.2. The Morgan fingerprint density at radius 2 is 1.86 bits per heavy atom. The van der Waals surface area contributed by atoms with Crippen molar-refractivity contribution in [2.75, 3.05) is 13.6 Å². The number of amides is 2. The van der Waals surface area contributed by atoms with E-state index >= 15 is 0 Å². The first kappa shape index (κ1) is 31.2. The maximum atomic E-state index is 14.4. The van der Waals surface area contributed by atoms with Gasteiger partial charge in [0.05, 0.1) is 17.7 Å². The Bertz CT molecular complexity index is 1410. The number of aromatic amines is 1. The minimum Gasteiger partial charge on any atom is -0.361 e. The Hall–Kier alpha value is -3.27. The number of likely N-dealkylation sites (N-methyl/N-ethyl adjacent to an activating group) is 1. The number of nitrogens with one attached hydrogen (secondary N) is 2. The first-order valence-corrected chi connectivity index (χ1v) is 15.7. The van der Waals surface area contributed by atoms with Gasteiger partial charge in [0.25, 0.3) is 0 Å². The van der Waals surface area contributed by atoms with Crippen molar-refractivity contribution < 1.29 is 19.4 Å². The van der Waals surface area contributed by atoms with Crippen LogP contribution in [0.4, 0.5) is 0 Å². The van der Waals surface area contributed by atoms with E-state index in [0.717, 1.165) is 72.5 Å². The fourth-order valence-corrected chi connectivity index (χ4v) is 6.55. The van der Waals surface area contributed by atoms with Crippen LogP contribution in [0.1, 0.15) is 84.2 Å². The lowest BCUT2D eigenvalue weighted by Gasteiger charge is -2.37. The standard InChI is InChI=1S/C34H47N5O4/c1-22(38(5)33(42)43-34(2,3)4)31(40)37-30(23-12-7-6-8-13-23)32(41)39-17-11-16-29(39)25-18-24(19-35-20-25)27-21-36-28-15-10-9-14-26(27)28/h9-10,14-15,18-23,29-30,33,36,42H,6-8,11-13,16-17H2,1-5H3,(H,37,40)/t22-,29?,30?,33?/m0/s1. The summed E-state index contributed by atoms with van der Waals surface area (Å²) in [6.07, 6.45) is 11.3. The van der Waals surface area contributed by atoms with Crippen LogP contribution in [0.3, 0.4) is 0 Å². The van der Waals surface area contributed by atoms with Gasteiger partial charge in [-0.05, 0) is 84.0 Å². The van der Waals surface area contributed by atoms with Crippen LogP contribution in [0.15, 0.2) is 48.9 Å². The van der Waals surface area contributed by atoms with Gasteiger partial charge in [-0.15, -0.1) is 0 Å². The summed E-state index contributed by atoms with van der Waals surface area (Å²) in [6, 6.07) is 8.95. The Kier molecular flexibility index (Phi) is 9.54. The number of nitrogens with zero attached hydrogens (tertiary/aromatic N) is 3. The van der Waals surface area contributed by atoms with Crippen LogP contribution in [0.5, 0.6) is 0 Å². The summed E-state index contributed by atoms with van der Waals surface area (Å²) in [5, 5.41) is 14.9. The predicted molar refractivity (Wildman–Crippen MR) is 168 cm³/mol. The normalized spacial score (nSPS) is 20.3. The topological polar surface area (TPSA) is 111 Å². The van der Waals surface area contributed by atoms with Crippen molar-refractivity contribution in [1.29, 1.82) is 0 Å². The number of hydrogen-bond acceptors (Lipinski definition) is 6. The van der Waals surface area contributed by atoms with Crippen molar-refractivity contribution in [1.82, 2.24) is 25.1 Å². The van der Waals surface area contributed by atoms with Crippen molar-refractivity contribution in [2.24, 2.45) is 5.92 Å². The van der Waals surface area contributed by atoms with E-state index in [1.807, 2.05) is 56.4 Å². The molecule has 2 amide bonds. The highest BCUT2D eigenvalue weighted by atomic mass is 16.6. The van der Waals surface area contributed by atoms with E-state index < -0.39 is 24.1 Å². The molecule has 1 saturated heterocycles. The zero-order valence-electron chi connectivity index (χ0n) is 26.2. The molecule has 9 heteroatoms. The predicted octanol–water partition coefficient (Wildman–Crippen LogP) is 5.37. The van der Waals surface area contributed by atoms with Gasteiger partial charge >= 0.3 is 0 Å². The lowest BCUT2D eigenvalue weighted by atomic mass is 9.83. The third kappa shape index (κ3) is 7.11. The molecule has 1 aromatic carbocycles. The smallest absolute Gasteiger partial charge is 0.245 e. The van der Waals surface area contributed by atoms with Crippen molar-refractivity contribution in [2.45, 2.75) is 103 Å². The second kappa shape index (κ2) is 13.2. The molecule has 3 N–H and O–H groups in total. The van der Waals surface area contributed by atoms with Crippen LogP contribution in [-0.2, 0) is 14.3 Å². The van der Waals surface area contributed by atoms with Crippen LogP contribution in [0.25, 0.3) is 22.0 Å². The lowest BCUT2D eigenvalue weighted by Crippen LogP contribution is -2.57. The Labute approximate surface area is 255 Å². The number of carbonyl (C=O) groups is 2. The molecule has 3 aromatic rings. The monoisotopic (exact) mass is 589 g/mol. The van der Waals surface area contributed by atoms with Crippen LogP contribution < -0.4 is 5.32 Å². The zero-order valence-corrected chi connectivity index (χ0v) is 26.2. The van der Waals surface area contributed by atoms with Crippen LogP contribution in [0, 0.1) is 5.92 Å². The minimum absolute atomic E-state index is 0.0263. The molecule has 1 saturated carbocycles. The maximum absolute atomic E-state index is 14.4. The van der Waals surface area contributed by atoms with E-state index in [9.17, 15) is 14.7 Å². The SMILES string of the molecule is C[C@@H](C(=O)NC(C(=O)N1CCCC1c1cncc(-c2c[nH]c3ccccc23)c1)C1CCCCC1)N(C)C(O)OC(C)(C)C. The number of para-hydroxylation sites is 1. The number of carbonyl (C=O) groups excluding carboxylic acids is 2. The molecule has 0 spiro atoms. The molecule has 1 aliphatic heterocycles. The largest absolute Gasteiger partial charge is 0.361 e. The van der Waals surface area contributed by atoms with E-state index in [0.29, 0.717) is 6.54 Å². The van der Waals surface area contributed by atoms with Crippen LogP contribution in [-0.4, -0.2) is 74.4 Å². The molecule has 5 rings (SSSR count). The van der Waals surface area contributed by atoms with E-state index in [4.69, 9.17) is 4.74 Å². The summed E-state index contributed by atoms with van der Waals surface area (Å²) < 4.78 is 5.66. The van der Waals surface area contributed by atoms with Gasteiger partial charge in [0.15, 0.2) is 0 Å². The molecule has 43 heavy (non-hydrogen) atoms. The van der Waals surface area contributed by atoms with Crippen LogP contribution in [0.2, 0.25) is 0 Å². The van der Waals surface area contributed by atoms with Crippen molar-refractivity contribution in [3.05, 3.63) is 54.5 Å². The zero-order chi connectivity index (χ0) is 30.7. The Morgan fingerprint density at radius 1 is 1.12 bits per heavy atom. The van der Waals surface area contributed by atoms with Gasteiger partial charge in [-0.25, -0.2) is 4.90 Å². The lowest BCUT2D eigenvalue weighted by molar-refractivity contribution is -0.239. The first-order valence-electron chi connectivity index (χ1n) is 15.7. The van der Waals surface area contributed by atoms with E-state index in [-0.39, 0.29) is 23.8 Å². The van der Waals surface area contributed by atoms with Crippen molar-refractivity contribution in [3.63, 3.8) is 0 Å². The minimum atomic E-state index is -1.25. The fourth-order valence-electron chi connectivity index (χ4n) is 6.55. The van der Waals surface area contributed by atoms with E-state index in [1.54, 1.807) is 14.0 Å². The molecule has 4 atom stereocenters. The van der Waals surface area contributed by atoms with E-state index in [2.05, 4.69) is 33.5 Å². The first-order chi connectivity index (χ1) is 20.5. The number of H-pyrrole nitrogens is 1. The molecule has 3 unspecified atom stereocenters. The number of hydrogen-bond donors (Lipinski definition) is 3. The third-order valence-corrected chi connectivity index (χ3v) is 9.06. The highest BCUT2D eigenvalue weighted by Gasteiger charge is 2.40. The summed E-state index contributed by atoms with van der Waals surface area (Å²) in [5.41, 5.74) is 3.61. The van der Waals surface area contributed by atoms with Gasteiger partial charge in [0.1, 0.15) is 6.04 Å². The van der Waals surface area contributed by atoms with Gasteiger partial charge in [-0.3, -0.25) is 14.6 Å². The number of fused-ring (bicyclic) bond motifs is 1. The number of aliphatic hydroxyl groups is 1. The van der Waals surface area contributed by atoms with Crippen molar-refractivity contribution in [3.8, 4) is 11.1 Å². The molecule has 2 aliphatic rings. The van der Waals surface area contributed by atoms with E-state index in [1.165, 1.54) is 4.90 Å². The summed E-state index contributed by atoms with van der Waals surface area (Å²) in [6.45, 7) is 7.93. The Morgan fingerprint density at radius 3 is 2.60 bits per heavy atom. The quantitative estimate of drug-likeness (QED) is 0.290. The number of benzene rings is 1. The summed E-state index contributed by atoms with van der Waals surface area (Å²) >= 11 is 0. The van der Waals surface area contributed by atoms with Crippen molar-refractivity contribution >= 4 is 22.7 Å². The number of rotatable bonds is 9. The Balaban J connectivity index is 1.36. The second-order valence-corrected chi connectivity index (χ2v) is 13.2. The molecular weight excluding hydrogens is 542 g/mol. The number of pyridine rings is 1. The fraction of sp³-hybridized carbons (Fsp3) is 0.559. The third-order valence-electron chi connectivity index (χ3n) is 9.06. The van der Waals surface area contributed by atoms with Crippen LogP contribution >= 0.6 is 0 Å². The molecule has 2 fully saturated rings. The average Bonchev–Trinajstić information content (AvgIpc) is 3.66. The number of ether oxygens (including phenoxy) is 1. The molecular formula is C34H47N5O4. The molecule has 1 aliphatic carbocycles. The molecule has 0 radical (unpaired) electrons. The van der Waals surface area contributed by atoms with Gasteiger partial charge in [0.2, 0.25) is 18.2 Å². The average molecular weight is 590 g/mol. The molecule has 9 nitrogen and oxygen atoms in total. The molecule has 3 heterocycles. The van der Waals surface area contributed by atoms with Gasteiger partial charge < -0.3 is 25.0 Å². The van der Waals surface area contributed by atoms with Gasteiger partial charge in [-0.1, -0.05) is 37.5 Å². The maximum Gasteiger partial charge on any atom is 0.245 e. The molecule has 232 valence electrons. The van der Waals surface area contributed by atoms with Gasteiger partial charge in [0, 0.05) is 47.2 Å². The number of likely N-dealkylation sites (tertiary alicyclic amines) is 1. The molecule has 2 aromatic heterocycles. The summed E-state index contributed by atoms with van der Waals surface area (Å²) in [5.74, 6) is -0.237. The summed E-state index contributed by atoms with van der Waals surface area (Å²) in [7, 11) is 1.66. The molecule has 0 bridgehead atoms. The number of aromatic nitrogens is 2. The van der Waals surface area contributed by atoms with Gasteiger partial charge in [-0.2, -0.15) is 0 Å².